The summed E-state index contributed by atoms with van der Waals surface area (Å²) < 4.78 is 6.29. The van der Waals surface area contributed by atoms with Crippen molar-refractivity contribution in [1.29, 1.82) is 0 Å². The Morgan fingerprint density at radius 2 is 2.14 bits per heavy atom. The molecular formula is C14H15N3O4. The summed E-state index contributed by atoms with van der Waals surface area (Å²) in [5.74, 6) is 0.488. The zero-order valence-electron chi connectivity index (χ0n) is 11.3. The van der Waals surface area contributed by atoms with Gasteiger partial charge in [-0.05, 0) is 25.0 Å². The largest absolute Gasteiger partial charge is 0.467 e. The van der Waals surface area contributed by atoms with Crippen LogP contribution < -0.4 is 11.1 Å². The average molecular weight is 289 g/mol. The van der Waals surface area contributed by atoms with Crippen molar-refractivity contribution in [2.45, 2.75) is 32.0 Å². The molecule has 110 valence electrons. The maximum Gasteiger partial charge on any atom is 0.265 e. The summed E-state index contributed by atoms with van der Waals surface area (Å²) in [5, 5.41) is 2.36. The maximum absolute atomic E-state index is 12.4. The van der Waals surface area contributed by atoms with E-state index in [0.717, 1.165) is 29.7 Å². The second-order valence-corrected chi connectivity index (χ2v) is 5.07. The molecule has 2 aromatic heterocycles. The molecule has 0 saturated heterocycles. The number of carbonyl (C=O) groups is 1. The van der Waals surface area contributed by atoms with Crippen LogP contribution in [0.25, 0.3) is 0 Å². The SMILES string of the molecule is O=C(Cn1[nH]c(=O)ccc1=O)N(Cc1ccco1)C1CC1. The Labute approximate surface area is 119 Å². The van der Waals surface area contributed by atoms with Gasteiger partial charge in [-0.1, -0.05) is 0 Å². The average Bonchev–Trinajstić information content (AvgIpc) is 3.16. The number of hydrogen-bond acceptors (Lipinski definition) is 4. The van der Waals surface area contributed by atoms with E-state index in [0.29, 0.717) is 12.3 Å². The number of furan rings is 1. The number of aromatic nitrogens is 2. The van der Waals surface area contributed by atoms with Gasteiger partial charge in [0.2, 0.25) is 5.91 Å². The lowest BCUT2D eigenvalue weighted by molar-refractivity contribution is -0.133. The zero-order chi connectivity index (χ0) is 14.8. The minimum Gasteiger partial charge on any atom is -0.467 e. The molecule has 3 rings (SSSR count). The Hall–Kier alpha value is -2.57. The van der Waals surface area contributed by atoms with E-state index in [-0.39, 0.29) is 18.5 Å². The normalized spacial score (nSPS) is 14.1. The first kappa shape index (κ1) is 13.4. The molecule has 1 aliphatic carbocycles. The summed E-state index contributed by atoms with van der Waals surface area (Å²) in [6.07, 6.45) is 3.46. The fourth-order valence-corrected chi connectivity index (χ4v) is 2.18. The van der Waals surface area contributed by atoms with E-state index in [9.17, 15) is 14.4 Å². The Kier molecular flexibility index (Phi) is 3.47. The topological polar surface area (TPSA) is 88.3 Å². The number of amides is 1. The number of nitrogens with one attached hydrogen (secondary N) is 1. The van der Waals surface area contributed by atoms with Crippen molar-refractivity contribution in [3.8, 4) is 0 Å². The highest BCUT2D eigenvalue weighted by Gasteiger charge is 2.33. The van der Waals surface area contributed by atoms with E-state index in [1.54, 1.807) is 23.3 Å². The summed E-state index contributed by atoms with van der Waals surface area (Å²) in [4.78, 5) is 37.0. The minimum absolute atomic E-state index is 0.174. The third-order valence-corrected chi connectivity index (χ3v) is 3.40. The number of rotatable bonds is 5. The highest BCUT2D eigenvalue weighted by Crippen LogP contribution is 2.28. The molecular weight excluding hydrogens is 274 g/mol. The van der Waals surface area contributed by atoms with Gasteiger partial charge in [0.25, 0.3) is 11.1 Å². The zero-order valence-corrected chi connectivity index (χ0v) is 11.3. The van der Waals surface area contributed by atoms with Crippen molar-refractivity contribution in [2.75, 3.05) is 0 Å². The fraction of sp³-hybridized carbons (Fsp3) is 0.357. The van der Waals surface area contributed by atoms with Crippen LogP contribution in [0.1, 0.15) is 18.6 Å². The fourth-order valence-electron chi connectivity index (χ4n) is 2.18. The van der Waals surface area contributed by atoms with Gasteiger partial charge in [-0.3, -0.25) is 19.5 Å². The molecule has 1 fully saturated rings. The van der Waals surface area contributed by atoms with Gasteiger partial charge < -0.3 is 9.32 Å². The number of carbonyl (C=O) groups excluding carboxylic acids is 1. The molecule has 1 amide bonds. The predicted octanol–water partition coefficient (Wildman–Crippen LogP) is 0.321. The molecule has 0 unspecified atom stereocenters. The molecule has 0 aromatic carbocycles. The molecule has 0 radical (unpaired) electrons. The van der Waals surface area contributed by atoms with Gasteiger partial charge in [-0.15, -0.1) is 0 Å². The van der Waals surface area contributed by atoms with Crippen LogP contribution in [-0.2, 0) is 17.9 Å². The van der Waals surface area contributed by atoms with E-state index < -0.39 is 11.1 Å². The maximum atomic E-state index is 12.4. The monoisotopic (exact) mass is 289 g/mol. The number of hydrogen-bond donors (Lipinski definition) is 1. The molecule has 1 saturated carbocycles. The van der Waals surface area contributed by atoms with Crippen molar-refractivity contribution >= 4 is 5.91 Å². The lowest BCUT2D eigenvalue weighted by Crippen LogP contribution is -2.39. The summed E-state index contributed by atoms with van der Waals surface area (Å²) >= 11 is 0. The van der Waals surface area contributed by atoms with Gasteiger partial charge in [-0.2, -0.15) is 0 Å². The Morgan fingerprint density at radius 1 is 1.33 bits per heavy atom. The van der Waals surface area contributed by atoms with E-state index in [1.807, 2.05) is 0 Å². The van der Waals surface area contributed by atoms with Gasteiger partial charge in [0.15, 0.2) is 0 Å². The third kappa shape index (κ3) is 3.13. The second kappa shape index (κ2) is 5.43. The second-order valence-electron chi connectivity index (χ2n) is 5.07. The highest BCUT2D eigenvalue weighted by atomic mass is 16.3. The van der Waals surface area contributed by atoms with E-state index in [1.165, 1.54) is 0 Å². The standard InChI is InChI=1S/C14H15N3O4/c18-12-5-6-13(19)17(15-12)9-14(20)16(10-3-4-10)8-11-2-1-7-21-11/h1-2,5-7,10H,3-4,8-9H2,(H,15,18). The summed E-state index contributed by atoms with van der Waals surface area (Å²) in [7, 11) is 0. The van der Waals surface area contributed by atoms with Crippen molar-refractivity contribution in [3.05, 3.63) is 57.0 Å². The lowest BCUT2D eigenvalue weighted by atomic mass is 10.3. The molecule has 21 heavy (non-hydrogen) atoms. The van der Waals surface area contributed by atoms with Crippen LogP contribution in [0.3, 0.4) is 0 Å². The first-order chi connectivity index (χ1) is 10.1. The van der Waals surface area contributed by atoms with Crippen molar-refractivity contribution in [2.24, 2.45) is 0 Å². The summed E-state index contributed by atoms with van der Waals surface area (Å²) in [6.45, 7) is 0.203. The van der Waals surface area contributed by atoms with E-state index >= 15 is 0 Å². The van der Waals surface area contributed by atoms with Crippen LogP contribution in [0, 0.1) is 0 Å². The molecule has 7 nitrogen and oxygen atoms in total. The van der Waals surface area contributed by atoms with Crippen LogP contribution in [0.2, 0.25) is 0 Å². The predicted molar refractivity (Wildman–Crippen MR) is 73.6 cm³/mol. The summed E-state index contributed by atoms with van der Waals surface area (Å²) in [5.41, 5.74) is -0.817. The molecule has 1 N–H and O–H groups in total. The van der Waals surface area contributed by atoms with Gasteiger partial charge in [0.05, 0.1) is 12.8 Å². The first-order valence-corrected chi connectivity index (χ1v) is 6.75. The molecule has 0 aliphatic heterocycles. The molecule has 0 bridgehead atoms. The number of nitrogens with zero attached hydrogens (tertiary/aromatic N) is 2. The summed E-state index contributed by atoms with van der Waals surface area (Å²) in [6, 6.07) is 6.06. The Bertz CT molecular complexity index is 740. The van der Waals surface area contributed by atoms with Gasteiger partial charge in [0.1, 0.15) is 12.3 Å². The smallest absolute Gasteiger partial charge is 0.265 e. The molecule has 2 heterocycles. The van der Waals surface area contributed by atoms with Crippen molar-refractivity contribution in [1.82, 2.24) is 14.7 Å². The molecule has 7 heteroatoms. The lowest BCUT2D eigenvalue weighted by Gasteiger charge is -2.21. The van der Waals surface area contributed by atoms with Crippen molar-refractivity contribution < 1.29 is 9.21 Å². The van der Waals surface area contributed by atoms with Crippen LogP contribution in [0.15, 0.2) is 44.5 Å². The molecule has 0 atom stereocenters. The minimum atomic E-state index is -0.411. The third-order valence-electron chi connectivity index (χ3n) is 3.40. The quantitative estimate of drug-likeness (QED) is 0.858. The first-order valence-electron chi connectivity index (χ1n) is 6.75. The van der Waals surface area contributed by atoms with Crippen LogP contribution in [-0.4, -0.2) is 26.6 Å². The number of aromatic amines is 1. The molecule has 2 aromatic rings. The van der Waals surface area contributed by atoms with Crippen molar-refractivity contribution in [3.63, 3.8) is 0 Å². The van der Waals surface area contributed by atoms with Crippen LogP contribution >= 0.6 is 0 Å². The molecule has 0 spiro atoms. The van der Waals surface area contributed by atoms with E-state index in [4.69, 9.17) is 4.42 Å². The van der Waals surface area contributed by atoms with E-state index in [2.05, 4.69) is 5.10 Å². The van der Waals surface area contributed by atoms with Gasteiger partial charge in [0, 0.05) is 18.2 Å². The van der Waals surface area contributed by atoms with Gasteiger partial charge >= 0.3 is 0 Å². The Balaban J connectivity index is 1.77. The molecule has 1 aliphatic rings. The van der Waals surface area contributed by atoms with Crippen LogP contribution in [0.4, 0.5) is 0 Å². The number of H-pyrrole nitrogens is 1. The van der Waals surface area contributed by atoms with Gasteiger partial charge in [-0.25, -0.2) is 4.68 Å². The Morgan fingerprint density at radius 3 is 2.81 bits per heavy atom. The van der Waals surface area contributed by atoms with Crippen LogP contribution in [0.5, 0.6) is 0 Å². The highest BCUT2D eigenvalue weighted by molar-refractivity contribution is 5.76.